The Kier molecular flexibility index (Phi) is 8.61. The van der Waals surface area contributed by atoms with Crippen LogP contribution in [0.25, 0.3) is 11.3 Å². The van der Waals surface area contributed by atoms with E-state index < -0.39 is 0 Å². The van der Waals surface area contributed by atoms with Gasteiger partial charge in [0.2, 0.25) is 0 Å². The minimum atomic E-state index is 0. The number of halogens is 1. The lowest BCUT2D eigenvalue weighted by Crippen LogP contribution is -2.40. The molecule has 0 saturated heterocycles. The fourth-order valence-corrected chi connectivity index (χ4v) is 2.13. The maximum Gasteiger partial charge on any atom is 0.191 e. The van der Waals surface area contributed by atoms with Gasteiger partial charge in [-0.2, -0.15) is 0 Å². The molecule has 0 saturated carbocycles. The van der Waals surface area contributed by atoms with Gasteiger partial charge >= 0.3 is 0 Å². The van der Waals surface area contributed by atoms with E-state index in [2.05, 4.69) is 65.6 Å². The Balaban J connectivity index is 0.00000264. The second kappa shape index (κ2) is 10.2. The highest BCUT2D eigenvalue weighted by molar-refractivity contribution is 14.0. The summed E-state index contributed by atoms with van der Waals surface area (Å²) in [4.78, 5) is 9.03. The predicted octanol–water partition coefficient (Wildman–Crippen LogP) is 3.83. The average molecular weight is 424 g/mol. The second-order valence-corrected chi connectivity index (χ2v) is 5.41. The summed E-state index contributed by atoms with van der Waals surface area (Å²) in [6.07, 6.45) is 1.82. The highest BCUT2D eigenvalue weighted by Gasteiger charge is 2.02. The number of aromatic nitrogens is 1. The highest BCUT2D eigenvalue weighted by Crippen LogP contribution is 2.18. The molecule has 23 heavy (non-hydrogen) atoms. The molecule has 0 atom stereocenters. The third-order valence-electron chi connectivity index (χ3n) is 3.08. The molecule has 2 N–H and O–H groups in total. The molecule has 2 aromatic rings. The summed E-state index contributed by atoms with van der Waals surface area (Å²) in [6.45, 7) is 7.78. The monoisotopic (exact) mass is 424 g/mol. The van der Waals surface area contributed by atoms with Crippen molar-refractivity contribution >= 4 is 29.9 Å². The van der Waals surface area contributed by atoms with Gasteiger partial charge in [0.05, 0.1) is 12.2 Å². The lowest BCUT2D eigenvalue weighted by atomic mass is 10.1. The number of pyridine rings is 1. The van der Waals surface area contributed by atoms with E-state index in [1.54, 1.807) is 0 Å². The van der Waals surface area contributed by atoms with Crippen molar-refractivity contribution in [3.8, 4) is 11.3 Å². The van der Waals surface area contributed by atoms with Gasteiger partial charge in [0.25, 0.3) is 0 Å². The minimum absolute atomic E-state index is 0. The first-order valence-corrected chi connectivity index (χ1v) is 7.74. The lowest BCUT2D eigenvalue weighted by molar-refractivity contribution is 0.700. The summed E-state index contributed by atoms with van der Waals surface area (Å²) in [5, 5.41) is 6.58. The van der Waals surface area contributed by atoms with Gasteiger partial charge in [-0.1, -0.05) is 24.3 Å². The maximum absolute atomic E-state index is 4.63. The van der Waals surface area contributed by atoms with Gasteiger partial charge in [0.15, 0.2) is 5.96 Å². The standard InChI is InChI=1S/C18H24N4.HI/c1-4-19-18(22-14(2)3)21-13-15-8-7-9-16(12-15)17-10-5-6-11-20-17;/h5-12,14H,4,13H2,1-3H3,(H2,19,21,22);1H. The molecule has 0 spiro atoms. The van der Waals surface area contributed by atoms with Crippen molar-refractivity contribution in [1.29, 1.82) is 0 Å². The van der Waals surface area contributed by atoms with Crippen LogP contribution in [0.3, 0.4) is 0 Å². The molecule has 0 aliphatic heterocycles. The molecule has 2 rings (SSSR count). The van der Waals surface area contributed by atoms with Gasteiger partial charge in [0.1, 0.15) is 0 Å². The van der Waals surface area contributed by atoms with Gasteiger partial charge in [-0.3, -0.25) is 4.98 Å². The molecular formula is C18H25IN4. The molecule has 124 valence electrons. The Bertz CT molecular complexity index is 611. The molecular weight excluding hydrogens is 399 g/mol. The third-order valence-corrected chi connectivity index (χ3v) is 3.08. The topological polar surface area (TPSA) is 49.3 Å². The Morgan fingerprint density at radius 3 is 2.65 bits per heavy atom. The first-order chi connectivity index (χ1) is 10.7. The van der Waals surface area contributed by atoms with Crippen LogP contribution in [0, 0.1) is 0 Å². The molecule has 0 radical (unpaired) electrons. The number of guanidine groups is 1. The maximum atomic E-state index is 4.63. The quantitative estimate of drug-likeness (QED) is 0.436. The largest absolute Gasteiger partial charge is 0.357 e. The summed E-state index contributed by atoms with van der Waals surface area (Å²) in [6, 6.07) is 14.7. The summed E-state index contributed by atoms with van der Waals surface area (Å²) < 4.78 is 0. The molecule has 0 unspecified atom stereocenters. The van der Waals surface area contributed by atoms with Crippen molar-refractivity contribution in [3.05, 3.63) is 54.2 Å². The summed E-state index contributed by atoms with van der Waals surface area (Å²) in [5.41, 5.74) is 3.28. The highest BCUT2D eigenvalue weighted by atomic mass is 127. The number of hydrogen-bond acceptors (Lipinski definition) is 2. The summed E-state index contributed by atoms with van der Waals surface area (Å²) in [7, 11) is 0. The predicted molar refractivity (Wildman–Crippen MR) is 108 cm³/mol. The van der Waals surface area contributed by atoms with E-state index in [0.29, 0.717) is 12.6 Å². The zero-order valence-electron chi connectivity index (χ0n) is 13.9. The molecule has 4 nitrogen and oxygen atoms in total. The van der Waals surface area contributed by atoms with Crippen LogP contribution < -0.4 is 10.6 Å². The van der Waals surface area contributed by atoms with Crippen molar-refractivity contribution < 1.29 is 0 Å². The Morgan fingerprint density at radius 1 is 1.17 bits per heavy atom. The third kappa shape index (κ3) is 6.56. The summed E-state index contributed by atoms with van der Waals surface area (Å²) >= 11 is 0. The second-order valence-electron chi connectivity index (χ2n) is 5.41. The molecule has 0 bridgehead atoms. The smallest absolute Gasteiger partial charge is 0.191 e. The number of hydrogen-bond donors (Lipinski definition) is 2. The number of aliphatic imine (C=N–C) groups is 1. The van der Waals surface area contributed by atoms with E-state index in [1.165, 1.54) is 5.56 Å². The number of rotatable bonds is 5. The minimum Gasteiger partial charge on any atom is -0.357 e. The van der Waals surface area contributed by atoms with Gasteiger partial charge in [-0.15, -0.1) is 24.0 Å². The van der Waals surface area contributed by atoms with Crippen molar-refractivity contribution in [2.75, 3.05) is 6.54 Å². The molecule has 0 aliphatic rings. The zero-order valence-corrected chi connectivity index (χ0v) is 16.2. The van der Waals surface area contributed by atoms with E-state index in [0.717, 1.165) is 23.8 Å². The number of nitrogens with zero attached hydrogens (tertiary/aromatic N) is 2. The van der Waals surface area contributed by atoms with Crippen molar-refractivity contribution in [1.82, 2.24) is 15.6 Å². The van der Waals surface area contributed by atoms with Crippen molar-refractivity contribution in [2.45, 2.75) is 33.4 Å². The van der Waals surface area contributed by atoms with Crippen molar-refractivity contribution in [2.24, 2.45) is 4.99 Å². The zero-order chi connectivity index (χ0) is 15.8. The van der Waals surface area contributed by atoms with Crippen LogP contribution in [-0.4, -0.2) is 23.5 Å². The first kappa shape index (κ1) is 19.4. The molecule has 1 aromatic carbocycles. The average Bonchev–Trinajstić information content (AvgIpc) is 2.53. The van der Waals surface area contributed by atoms with Crippen molar-refractivity contribution in [3.63, 3.8) is 0 Å². The van der Waals surface area contributed by atoms with Crippen LogP contribution in [0.2, 0.25) is 0 Å². The van der Waals surface area contributed by atoms with E-state index >= 15 is 0 Å². The van der Waals surface area contributed by atoms with Crippen LogP contribution in [-0.2, 0) is 6.54 Å². The lowest BCUT2D eigenvalue weighted by Gasteiger charge is -2.14. The van der Waals surface area contributed by atoms with Gasteiger partial charge in [0, 0.05) is 24.3 Å². The van der Waals surface area contributed by atoms with E-state index in [4.69, 9.17) is 0 Å². The normalized spacial score (nSPS) is 11.0. The SMILES string of the molecule is CCNC(=NCc1cccc(-c2ccccn2)c1)NC(C)C.I. The van der Waals surface area contributed by atoms with Gasteiger partial charge in [-0.25, -0.2) is 4.99 Å². The summed E-state index contributed by atoms with van der Waals surface area (Å²) in [5.74, 6) is 0.848. The van der Waals surface area contributed by atoms with Crippen LogP contribution in [0.15, 0.2) is 53.7 Å². The molecule has 1 aromatic heterocycles. The van der Waals surface area contributed by atoms with Crippen LogP contribution in [0.5, 0.6) is 0 Å². The van der Waals surface area contributed by atoms with Gasteiger partial charge < -0.3 is 10.6 Å². The Morgan fingerprint density at radius 2 is 2.00 bits per heavy atom. The fourth-order valence-electron chi connectivity index (χ4n) is 2.13. The van der Waals surface area contributed by atoms with E-state index in [1.807, 2.05) is 24.4 Å². The Labute approximate surface area is 155 Å². The number of nitrogens with one attached hydrogen (secondary N) is 2. The molecule has 0 aliphatic carbocycles. The van der Waals surface area contributed by atoms with Crippen LogP contribution in [0.1, 0.15) is 26.3 Å². The van der Waals surface area contributed by atoms with E-state index in [-0.39, 0.29) is 24.0 Å². The number of benzene rings is 1. The molecule has 1 heterocycles. The van der Waals surface area contributed by atoms with Gasteiger partial charge in [-0.05, 0) is 44.5 Å². The molecule has 0 amide bonds. The molecule has 5 heteroatoms. The van der Waals surface area contributed by atoms with Crippen LogP contribution >= 0.6 is 24.0 Å². The van der Waals surface area contributed by atoms with E-state index in [9.17, 15) is 0 Å². The fraction of sp³-hybridized carbons (Fsp3) is 0.333. The molecule has 0 fully saturated rings. The van der Waals surface area contributed by atoms with Crippen LogP contribution in [0.4, 0.5) is 0 Å². The Hall–Kier alpha value is -1.63. The first-order valence-electron chi connectivity index (χ1n) is 7.74.